The predicted molar refractivity (Wildman–Crippen MR) is 74.0 cm³/mol. The van der Waals surface area contributed by atoms with E-state index in [1.807, 2.05) is 0 Å². The van der Waals surface area contributed by atoms with Crippen LogP contribution in [-0.4, -0.2) is 44.7 Å². The van der Waals surface area contributed by atoms with Gasteiger partial charge in [0.1, 0.15) is 0 Å². The van der Waals surface area contributed by atoms with Crippen LogP contribution in [-0.2, 0) is 19.9 Å². The first-order chi connectivity index (χ1) is 8.82. The summed E-state index contributed by atoms with van der Waals surface area (Å²) in [6.45, 7) is 0.0800. The van der Waals surface area contributed by atoms with Crippen LogP contribution in [0.15, 0.2) is 33.6 Å². The van der Waals surface area contributed by atoms with Crippen LogP contribution in [0.5, 0.6) is 0 Å². The predicted octanol–water partition coefficient (Wildman–Crippen LogP) is 1.01. The summed E-state index contributed by atoms with van der Waals surface area (Å²) in [5.41, 5.74) is 0. The first kappa shape index (κ1) is 13.5. The van der Waals surface area contributed by atoms with Gasteiger partial charge < -0.3 is 0 Å². The van der Waals surface area contributed by atoms with Crippen LogP contribution in [0, 0.1) is 0 Å². The molecule has 2 atom stereocenters. The molecule has 0 aliphatic carbocycles. The second kappa shape index (κ2) is 4.28. The van der Waals surface area contributed by atoms with Gasteiger partial charge in [0, 0.05) is 17.1 Å². The smallest absolute Gasteiger partial charge is 0.228 e. The van der Waals surface area contributed by atoms with Gasteiger partial charge in [-0.1, -0.05) is 12.1 Å². The van der Waals surface area contributed by atoms with Crippen molar-refractivity contribution in [3.63, 3.8) is 0 Å². The summed E-state index contributed by atoms with van der Waals surface area (Å²) < 4.78 is 50.3. The number of hydrogen-bond acceptors (Lipinski definition) is 4. The molecule has 2 aliphatic rings. The molecule has 8 heteroatoms. The molecule has 1 aromatic carbocycles. The monoisotopic (exact) mass is 365 g/mol. The van der Waals surface area contributed by atoms with E-state index >= 15 is 0 Å². The zero-order valence-corrected chi connectivity index (χ0v) is 13.1. The van der Waals surface area contributed by atoms with Gasteiger partial charge in [-0.05, 0) is 34.5 Å². The van der Waals surface area contributed by atoms with Gasteiger partial charge in [-0.15, -0.1) is 0 Å². The largest absolute Gasteiger partial charge is 0.244 e. The average Bonchev–Trinajstić information content (AvgIpc) is 2.85. The van der Waals surface area contributed by atoms with E-state index in [9.17, 15) is 16.8 Å². The van der Waals surface area contributed by atoms with E-state index in [-0.39, 0.29) is 17.2 Å². The minimum absolute atomic E-state index is 0.0542. The van der Waals surface area contributed by atoms with Crippen molar-refractivity contribution in [3.05, 3.63) is 28.7 Å². The molecule has 0 amide bonds. The van der Waals surface area contributed by atoms with Crippen molar-refractivity contribution in [1.29, 1.82) is 0 Å². The minimum atomic E-state index is -3.63. The molecule has 0 aromatic heterocycles. The molecule has 19 heavy (non-hydrogen) atoms. The first-order valence-corrected chi connectivity index (χ1v) is 9.75. The summed E-state index contributed by atoms with van der Waals surface area (Å²) in [5.74, 6) is -0.0542. The van der Waals surface area contributed by atoms with Crippen LogP contribution in [0.2, 0.25) is 0 Å². The van der Waals surface area contributed by atoms with Crippen molar-refractivity contribution in [2.24, 2.45) is 0 Å². The lowest BCUT2D eigenvalue weighted by Crippen LogP contribution is -2.44. The summed E-state index contributed by atoms with van der Waals surface area (Å²) >= 11 is 3.23. The highest BCUT2D eigenvalue weighted by Crippen LogP contribution is 2.37. The molecule has 104 valence electrons. The van der Waals surface area contributed by atoms with E-state index in [1.54, 1.807) is 18.2 Å². The number of sulfonamides is 1. The Labute approximate surface area is 120 Å². The number of rotatable bonds is 2. The zero-order chi connectivity index (χ0) is 13.8. The summed E-state index contributed by atoms with van der Waals surface area (Å²) in [5, 5.41) is -0.533. The van der Waals surface area contributed by atoms with E-state index in [0.717, 1.165) is 0 Å². The molecule has 0 saturated carbocycles. The number of hydrogen-bond donors (Lipinski definition) is 0. The second-order valence-corrected chi connectivity index (χ2v) is 9.89. The molecular formula is C11H12BrNO4S2. The second-order valence-electron chi connectivity index (χ2n) is 4.85. The molecule has 2 fully saturated rings. The molecular weight excluding hydrogens is 354 g/mol. The Morgan fingerprint density at radius 2 is 1.95 bits per heavy atom. The van der Waals surface area contributed by atoms with Crippen molar-refractivity contribution in [3.8, 4) is 0 Å². The van der Waals surface area contributed by atoms with Crippen molar-refractivity contribution in [1.82, 2.24) is 4.31 Å². The number of fused-ring (bicyclic) bond motifs is 2. The highest BCUT2D eigenvalue weighted by molar-refractivity contribution is 9.10. The van der Waals surface area contributed by atoms with Gasteiger partial charge in [0.25, 0.3) is 0 Å². The Morgan fingerprint density at radius 1 is 1.26 bits per heavy atom. The summed E-state index contributed by atoms with van der Waals surface area (Å²) in [6, 6.07) is 6.18. The highest BCUT2D eigenvalue weighted by Gasteiger charge is 2.52. The van der Waals surface area contributed by atoms with Gasteiger partial charge in [0.15, 0.2) is 9.84 Å². The van der Waals surface area contributed by atoms with Crippen molar-refractivity contribution >= 4 is 35.8 Å². The molecule has 2 bridgehead atoms. The third kappa shape index (κ3) is 2.05. The maximum Gasteiger partial charge on any atom is 0.244 e. The Balaban J connectivity index is 1.99. The lowest BCUT2D eigenvalue weighted by Gasteiger charge is -2.26. The summed E-state index contributed by atoms with van der Waals surface area (Å²) in [7, 11) is -6.72. The Morgan fingerprint density at radius 3 is 2.47 bits per heavy atom. The molecule has 0 N–H and O–H groups in total. The van der Waals surface area contributed by atoms with Crippen LogP contribution in [0.1, 0.15) is 6.42 Å². The first-order valence-electron chi connectivity index (χ1n) is 5.80. The summed E-state index contributed by atoms with van der Waals surface area (Å²) in [6.07, 6.45) is 0.423. The molecule has 2 heterocycles. The van der Waals surface area contributed by atoms with Crippen LogP contribution >= 0.6 is 15.9 Å². The molecule has 0 spiro atoms. The molecule has 2 aliphatic heterocycles. The van der Waals surface area contributed by atoms with E-state index in [1.165, 1.54) is 10.4 Å². The zero-order valence-electron chi connectivity index (χ0n) is 9.86. The number of benzene rings is 1. The molecule has 1 aromatic rings. The maximum absolute atomic E-state index is 12.6. The van der Waals surface area contributed by atoms with E-state index in [0.29, 0.717) is 10.9 Å². The highest BCUT2D eigenvalue weighted by atomic mass is 79.9. The normalized spacial score (nSPS) is 29.7. The van der Waals surface area contributed by atoms with Gasteiger partial charge in [-0.2, -0.15) is 4.31 Å². The summed E-state index contributed by atoms with van der Waals surface area (Å²) in [4.78, 5) is 0.194. The molecule has 5 nitrogen and oxygen atoms in total. The lowest BCUT2D eigenvalue weighted by atomic mass is 10.3. The SMILES string of the molecule is O=S1(=O)C[C@H]2C[C@H]1CN2S(=O)(=O)c1ccccc1Br. The van der Waals surface area contributed by atoms with Crippen molar-refractivity contribution in [2.45, 2.75) is 22.6 Å². The quantitative estimate of drug-likeness (QED) is 0.783. The average molecular weight is 366 g/mol. The third-order valence-corrected chi connectivity index (χ3v) is 8.82. The molecule has 2 saturated heterocycles. The van der Waals surface area contributed by atoms with Crippen molar-refractivity contribution in [2.75, 3.05) is 12.3 Å². The minimum Gasteiger partial charge on any atom is -0.228 e. The maximum atomic E-state index is 12.6. The fraction of sp³-hybridized carbons (Fsp3) is 0.455. The Bertz CT molecular complexity index is 729. The van der Waals surface area contributed by atoms with Crippen molar-refractivity contribution < 1.29 is 16.8 Å². The lowest BCUT2D eigenvalue weighted by molar-refractivity contribution is 0.402. The number of halogens is 1. The van der Waals surface area contributed by atoms with E-state index < -0.39 is 31.2 Å². The fourth-order valence-corrected chi connectivity index (χ4v) is 7.60. The van der Waals surface area contributed by atoms with Crippen LogP contribution in [0.25, 0.3) is 0 Å². The molecule has 0 radical (unpaired) electrons. The fourth-order valence-electron chi connectivity index (χ4n) is 2.74. The third-order valence-electron chi connectivity index (χ3n) is 3.68. The Kier molecular flexibility index (Phi) is 3.05. The van der Waals surface area contributed by atoms with Gasteiger partial charge >= 0.3 is 0 Å². The number of sulfone groups is 1. The van der Waals surface area contributed by atoms with E-state index in [2.05, 4.69) is 15.9 Å². The van der Waals surface area contributed by atoms with Gasteiger partial charge in [0.2, 0.25) is 10.0 Å². The van der Waals surface area contributed by atoms with E-state index in [4.69, 9.17) is 0 Å². The van der Waals surface area contributed by atoms with Gasteiger partial charge in [-0.3, -0.25) is 0 Å². The van der Waals surface area contributed by atoms with Crippen LogP contribution < -0.4 is 0 Å². The molecule has 0 unspecified atom stereocenters. The number of nitrogens with zero attached hydrogens (tertiary/aromatic N) is 1. The Hall–Kier alpha value is -0.440. The van der Waals surface area contributed by atoms with Crippen LogP contribution in [0.3, 0.4) is 0 Å². The standard InChI is InChI=1S/C11H12BrNO4S2/c12-10-3-1-2-4-11(10)19(16,17)13-6-9-5-8(13)7-18(9,14)15/h1-4,8-9H,5-7H2/t8-,9+/m1/s1. The molecule has 3 rings (SSSR count). The topological polar surface area (TPSA) is 71.5 Å². The van der Waals surface area contributed by atoms with Crippen LogP contribution in [0.4, 0.5) is 0 Å². The van der Waals surface area contributed by atoms with Gasteiger partial charge in [0.05, 0.1) is 15.9 Å². The van der Waals surface area contributed by atoms with Gasteiger partial charge in [-0.25, -0.2) is 16.8 Å².